The lowest BCUT2D eigenvalue weighted by molar-refractivity contribution is -0.115. The molecule has 0 N–H and O–H groups in total. The van der Waals surface area contributed by atoms with Crippen molar-refractivity contribution in [2.75, 3.05) is 7.11 Å². The van der Waals surface area contributed by atoms with Crippen LogP contribution in [0.3, 0.4) is 0 Å². The average molecular weight is 428 g/mol. The molecule has 2 aliphatic rings. The molecule has 2 aromatic rings. The number of aldehydes is 1. The molecule has 1 fully saturated rings. The van der Waals surface area contributed by atoms with Gasteiger partial charge in [0.05, 0.1) is 18.7 Å². The van der Waals surface area contributed by atoms with Crippen molar-refractivity contribution in [2.45, 2.75) is 49.1 Å². The van der Waals surface area contributed by atoms with Crippen LogP contribution in [0.4, 0.5) is 0 Å². The molecule has 3 nitrogen and oxygen atoms in total. The third kappa shape index (κ3) is 3.03. The van der Waals surface area contributed by atoms with Crippen LogP contribution in [0.25, 0.3) is 0 Å². The molecule has 1 aliphatic heterocycles. The smallest absolute Gasteiger partial charge is 0.141 e. The zero-order chi connectivity index (χ0) is 19.0. The van der Waals surface area contributed by atoms with E-state index in [1.807, 2.05) is 12.1 Å². The fraction of sp³-hybridized carbons (Fsp3) is 0.435. The maximum Gasteiger partial charge on any atom is 0.141 e. The molecule has 1 heterocycles. The van der Waals surface area contributed by atoms with Crippen molar-refractivity contribution >= 4 is 22.2 Å². The summed E-state index contributed by atoms with van der Waals surface area (Å²) in [6.45, 7) is 3.07. The van der Waals surface area contributed by atoms with E-state index in [1.165, 1.54) is 23.1 Å². The van der Waals surface area contributed by atoms with Gasteiger partial charge in [-0.1, -0.05) is 59.3 Å². The Kier molecular flexibility index (Phi) is 5.13. The highest BCUT2D eigenvalue weighted by molar-refractivity contribution is 9.09. The topological polar surface area (TPSA) is 29.5 Å². The Morgan fingerprint density at radius 3 is 2.63 bits per heavy atom. The van der Waals surface area contributed by atoms with Gasteiger partial charge >= 0.3 is 0 Å². The molecule has 0 bridgehead atoms. The first-order valence-corrected chi connectivity index (χ1v) is 10.6. The second-order valence-corrected chi connectivity index (χ2v) is 9.02. The van der Waals surface area contributed by atoms with Gasteiger partial charge in [0.25, 0.3) is 0 Å². The Labute approximate surface area is 169 Å². The molecule has 1 spiro atoms. The summed E-state index contributed by atoms with van der Waals surface area (Å²) in [5, 5.41) is 0. The number of fused-ring (bicyclic) bond motifs is 2. The summed E-state index contributed by atoms with van der Waals surface area (Å²) in [7, 11) is 1.68. The zero-order valence-electron chi connectivity index (χ0n) is 15.9. The first-order chi connectivity index (χ1) is 13.1. The number of methoxy groups -OCH3 is 1. The molecule has 4 atom stereocenters. The highest BCUT2D eigenvalue weighted by atomic mass is 79.9. The third-order valence-electron chi connectivity index (χ3n) is 6.38. The van der Waals surface area contributed by atoms with Gasteiger partial charge in [-0.05, 0) is 54.0 Å². The summed E-state index contributed by atoms with van der Waals surface area (Å²) in [6, 6.07) is 16.5. The van der Waals surface area contributed by atoms with Crippen molar-refractivity contribution in [3.63, 3.8) is 0 Å². The molecule has 1 aliphatic carbocycles. The zero-order valence-corrected chi connectivity index (χ0v) is 17.5. The quantitative estimate of drug-likeness (QED) is 0.494. The molecule has 27 heavy (non-hydrogen) atoms. The van der Waals surface area contributed by atoms with Crippen LogP contribution in [0.2, 0.25) is 0 Å². The van der Waals surface area contributed by atoms with Crippen molar-refractivity contribution in [1.82, 2.24) is 4.90 Å². The van der Waals surface area contributed by atoms with E-state index in [9.17, 15) is 4.79 Å². The van der Waals surface area contributed by atoms with Crippen LogP contribution in [-0.4, -0.2) is 23.1 Å². The fourth-order valence-electron chi connectivity index (χ4n) is 4.95. The molecular formula is C23H26BrNO2. The lowest BCUT2D eigenvalue weighted by Crippen LogP contribution is -2.51. The second-order valence-electron chi connectivity index (χ2n) is 7.92. The van der Waals surface area contributed by atoms with Crippen LogP contribution in [0, 0.1) is 5.92 Å². The third-order valence-corrected chi connectivity index (χ3v) is 7.51. The first kappa shape index (κ1) is 18.7. The summed E-state index contributed by atoms with van der Waals surface area (Å²) in [5.41, 5.74) is 3.56. The molecule has 0 amide bonds. The summed E-state index contributed by atoms with van der Waals surface area (Å²) >= 11 is 4.04. The Bertz CT molecular complexity index is 821. The molecule has 0 radical (unpaired) electrons. The Morgan fingerprint density at radius 1 is 1.22 bits per heavy atom. The monoisotopic (exact) mass is 427 g/mol. The van der Waals surface area contributed by atoms with Crippen LogP contribution in [0.5, 0.6) is 5.75 Å². The van der Waals surface area contributed by atoms with Crippen LogP contribution in [-0.2, 0) is 16.9 Å². The highest BCUT2D eigenvalue weighted by Crippen LogP contribution is 2.56. The lowest BCUT2D eigenvalue weighted by atomic mass is 9.73. The van der Waals surface area contributed by atoms with Crippen molar-refractivity contribution in [2.24, 2.45) is 5.92 Å². The van der Waals surface area contributed by atoms with E-state index in [0.717, 1.165) is 31.4 Å². The van der Waals surface area contributed by atoms with E-state index in [2.05, 4.69) is 64.2 Å². The molecule has 2 aromatic carbocycles. The summed E-state index contributed by atoms with van der Waals surface area (Å²) in [6.07, 6.45) is 4.50. The number of halogens is 1. The van der Waals surface area contributed by atoms with E-state index in [4.69, 9.17) is 4.74 Å². The van der Waals surface area contributed by atoms with E-state index in [1.54, 1.807) is 7.11 Å². The van der Waals surface area contributed by atoms with E-state index < -0.39 is 0 Å². The van der Waals surface area contributed by atoms with E-state index in [-0.39, 0.29) is 11.6 Å². The molecule has 1 saturated carbocycles. The Balaban J connectivity index is 1.78. The second kappa shape index (κ2) is 7.40. The predicted molar refractivity (Wildman–Crippen MR) is 111 cm³/mol. The molecular weight excluding hydrogens is 402 g/mol. The number of rotatable bonds is 4. The van der Waals surface area contributed by atoms with Crippen LogP contribution in [0.1, 0.15) is 48.9 Å². The minimum Gasteiger partial charge on any atom is -0.497 e. The van der Waals surface area contributed by atoms with E-state index >= 15 is 0 Å². The average Bonchev–Trinajstić information content (AvgIpc) is 2.95. The van der Waals surface area contributed by atoms with Crippen molar-refractivity contribution in [1.29, 1.82) is 0 Å². The largest absolute Gasteiger partial charge is 0.497 e. The molecule has 4 rings (SSSR count). The van der Waals surface area contributed by atoms with Crippen molar-refractivity contribution in [3.8, 4) is 5.75 Å². The minimum atomic E-state index is -0.197. The number of benzene rings is 2. The molecule has 4 heteroatoms. The van der Waals surface area contributed by atoms with Crippen LogP contribution < -0.4 is 4.74 Å². The molecule has 0 aromatic heterocycles. The summed E-state index contributed by atoms with van der Waals surface area (Å²) < 4.78 is 5.29. The predicted octanol–water partition coefficient (Wildman–Crippen LogP) is 5.23. The van der Waals surface area contributed by atoms with Gasteiger partial charge in [0.15, 0.2) is 0 Å². The number of hydrogen-bond acceptors (Lipinski definition) is 3. The maximum absolute atomic E-state index is 12.2. The highest BCUT2D eigenvalue weighted by Gasteiger charge is 2.55. The van der Waals surface area contributed by atoms with Gasteiger partial charge in [0.1, 0.15) is 12.0 Å². The minimum absolute atomic E-state index is 0.130. The van der Waals surface area contributed by atoms with Gasteiger partial charge in [-0.2, -0.15) is 0 Å². The fourth-order valence-corrected chi connectivity index (χ4v) is 6.33. The molecule has 142 valence electrons. The van der Waals surface area contributed by atoms with Gasteiger partial charge in [-0.3, -0.25) is 4.90 Å². The maximum atomic E-state index is 12.2. The summed E-state index contributed by atoms with van der Waals surface area (Å²) in [5.74, 6) is 1.56. The van der Waals surface area contributed by atoms with Crippen LogP contribution in [0.15, 0.2) is 48.5 Å². The number of carbonyl (C=O) groups is 1. The van der Waals surface area contributed by atoms with Gasteiger partial charge in [0, 0.05) is 11.4 Å². The number of ether oxygens (including phenoxy) is 1. The number of hydrogen-bond donors (Lipinski definition) is 0. The number of nitrogens with zero attached hydrogens (tertiary/aromatic N) is 1. The van der Waals surface area contributed by atoms with Gasteiger partial charge in [-0.15, -0.1) is 0 Å². The number of alkyl halides is 1. The first-order valence-electron chi connectivity index (χ1n) is 9.68. The Hall–Kier alpha value is -1.65. The van der Waals surface area contributed by atoms with Gasteiger partial charge in [0.2, 0.25) is 0 Å². The summed E-state index contributed by atoms with van der Waals surface area (Å²) in [4.78, 5) is 15.0. The SMILES string of the molecule is COc1ccc(CN2C(C=O)c3ccccc3C23CCC(C)CC3Br)cc1. The Morgan fingerprint density at radius 2 is 1.96 bits per heavy atom. The molecule has 0 saturated heterocycles. The van der Waals surface area contributed by atoms with Gasteiger partial charge < -0.3 is 9.53 Å². The van der Waals surface area contributed by atoms with Crippen molar-refractivity contribution in [3.05, 3.63) is 65.2 Å². The van der Waals surface area contributed by atoms with Crippen LogP contribution >= 0.6 is 15.9 Å². The normalized spacial score (nSPS) is 30.3. The van der Waals surface area contributed by atoms with Crippen molar-refractivity contribution < 1.29 is 9.53 Å². The lowest BCUT2D eigenvalue weighted by Gasteiger charge is -2.48. The standard InChI is InChI=1S/C23H26BrNO2/c1-16-11-12-23(22(24)13-16)20-6-4-3-5-19(20)21(15-26)25(23)14-17-7-9-18(27-2)10-8-17/h3-10,15-16,21-22H,11-14H2,1-2H3. The van der Waals surface area contributed by atoms with E-state index in [0.29, 0.717) is 10.7 Å². The molecule has 4 unspecified atom stereocenters. The van der Waals surface area contributed by atoms with Gasteiger partial charge in [-0.25, -0.2) is 0 Å². The number of carbonyl (C=O) groups excluding carboxylic acids is 1.